The Morgan fingerprint density at radius 3 is 0.938 bits per heavy atom. The van der Waals surface area contributed by atoms with E-state index in [-0.39, 0.29) is 0 Å². The molecule has 3 fully saturated rings. The van der Waals surface area contributed by atoms with Crippen LogP contribution in [0.4, 0.5) is 0 Å². The molecule has 0 bridgehead atoms. The van der Waals surface area contributed by atoms with Gasteiger partial charge in [-0.05, 0) is 36.3 Å². The van der Waals surface area contributed by atoms with Gasteiger partial charge >= 0.3 is 0 Å². The van der Waals surface area contributed by atoms with E-state index in [1.54, 1.807) is 55.5 Å². The third kappa shape index (κ3) is 1.49. The van der Waals surface area contributed by atoms with Crippen LogP contribution in [0.15, 0.2) is 0 Å². The second kappa shape index (κ2) is 3.56. The molecule has 3 saturated heterocycles. The van der Waals surface area contributed by atoms with E-state index in [1.807, 2.05) is 0 Å². The Labute approximate surface area is 104 Å². The predicted molar refractivity (Wildman–Crippen MR) is 79.4 cm³/mol. The van der Waals surface area contributed by atoms with Gasteiger partial charge in [-0.1, -0.05) is 38.9 Å². The molecule has 0 unspecified atom stereocenters. The summed E-state index contributed by atoms with van der Waals surface area (Å²) in [6.45, 7) is 8.22. The molecule has 3 heterocycles. The number of nitrogens with zero attached hydrogens (tertiary/aromatic N) is 1. The normalized spacial score (nSPS) is 33.8. The maximum absolute atomic E-state index is 3.41. The van der Waals surface area contributed by atoms with Crippen molar-refractivity contribution in [3.8, 4) is 0 Å². The maximum atomic E-state index is 3.41. The van der Waals surface area contributed by atoms with Crippen LogP contribution in [0.5, 0.6) is 0 Å². The molecule has 0 spiro atoms. The smallest absolute Gasteiger partial charge is 0.112 e. The van der Waals surface area contributed by atoms with E-state index in [2.05, 4.69) is 23.5 Å². The van der Waals surface area contributed by atoms with Gasteiger partial charge in [0.25, 0.3) is 0 Å². The average Bonchev–Trinajstić information content (AvgIpc) is 2.10. The van der Waals surface area contributed by atoms with Gasteiger partial charge in [0.05, 0.1) is 0 Å². The van der Waals surface area contributed by atoms with Gasteiger partial charge in [-0.3, -0.25) is 0 Å². The molecule has 92 valence electrons. The lowest BCUT2D eigenvalue weighted by Crippen LogP contribution is -2.79. The maximum Gasteiger partial charge on any atom is 0.112 e. The van der Waals surface area contributed by atoms with Crippen molar-refractivity contribution in [2.24, 2.45) is 0 Å². The van der Waals surface area contributed by atoms with Crippen LogP contribution in [0, 0.1) is 0 Å². The van der Waals surface area contributed by atoms with Gasteiger partial charge in [-0.15, -0.1) is 0 Å². The zero-order chi connectivity index (χ0) is 11.4. The Hall–Kier alpha value is 0.611. The molecule has 0 aromatic carbocycles. The SMILES string of the molecule is C[Si]1(N([Si]2(C)CCC2)[Si]2(C)CCC2)CCC1. The zero-order valence-corrected chi connectivity index (χ0v) is 14.3. The second-order valence-corrected chi connectivity index (χ2v) is 22.1. The molecular formula is C12H27NSi3. The summed E-state index contributed by atoms with van der Waals surface area (Å²) in [5.74, 6) is 0. The third-order valence-corrected chi connectivity index (χ3v) is 27.5. The van der Waals surface area contributed by atoms with E-state index >= 15 is 0 Å². The molecule has 3 aliphatic rings. The molecule has 3 aliphatic heterocycles. The van der Waals surface area contributed by atoms with Crippen LogP contribution in [0.2, 0.25) is 55.9 Å². The first-order chi connectivity index (χ1) is 7.49. The Kier molecular flexibility index (Phi) is 2.60. The highest BCUT2D eigenvalue weighted by molar-refractivity contribution is 7.07. The van der Waals surface area contributed by atoms with Crippen LogP contribution >= 0.6 is 0 Å². The van der Waals surface area contributed by atoms with Crippen molar-refractivity contribution >= 4 is 24.7 Å². The summed E-state index contributed by atoms with van der Waals surface area (Å²) in [5, 5.41) is 0. The van der Waals surface area contributed by atoms with Gasteiger partial charge in [0.15, 0.2) is 0 Å². The highest BCUT2D eigenvalue weighted by Crippen LogP contribution is 2.52. The summed E-state index contributed by atoms with van der Waals surface area (Å²) in [4.78, 5) is 0. The molecule has 4 heteroatoms. The van der Waals surface area contributed by atoms with E-state index in [0.717, 1.165) is 0 Å². The molecule has 0 saturated carbocycles. The number of hydrogen-bond acceptors (Lipinski definition) is 1. The van der Waals surface area contributed by atoms with Gasteiger partial charge in [0, 0.05) is 0 Å². The zero-order valence-electron chi connectivity index (χ0n) is 11.3. The highest BCUT2D eigenvalue weighted by atomic mass is 28.5. The molecule has 0 N–H and O–H groups in total. The average molecular weight is 270 g/mol. The summed E-state index contributed by atoms with van der Waals surface area (Å²) in [6, 6.07) is 9.91. The Bertz CT molecular complexity index is 245. The summed E-state index contributed by atoms with van der Waals surface area (Å²) < 4.78 is 3.41. The van der Waals surface area contributed by atoms with Crippen molar-refractivity contribution in [1.82, 2.24) is 3.90 Å². The van der Waals surface area contributed by atoms with Gasteiger partial charge in [-0.2, -0.15) is 0 Å². The summed E-state index contributed by atoms with van der Waals surface area (Å²) in [6.07, 6.45) is 4.69. The van der Waals surface area contributed by atoms with Crippen LogP contribution in [0.25, 0.3) is 0 Å². The molecule has 3 rings (SSSR count). The lowest BCUT2D eigenvalue weighted by atomic mass is 10.5. The lowest BCUT2D eigenvalue weighted by molar-refractivity contribution is 0.654. The molecule has 0 radical (unpaired) electrons. The van der Waals surface area contributed by atoms with Crippen LogP contribution in [0.1, 0.15) is 19.3 Å². The van der Waals surface area contributed by atoms with Crippen LogP contribution in [-0.2, 0) is 0 Å². The van der Waals surface area contributed by atoms with Crippen LogP contribution < -0.4 is 0 Å². The van der Waals surface area contributed by atoms with Crippen LogP contribution in [0.3, 0.4) is 0 Å². The molecule has 0 aliphatic carbocycles. The first kappa shape index (κ1) is 11.7. The molecule has 0 aromatic rings. The summed E-state index contributed by atoms with van der Waals surface area (Å²) in [5.41, 5.74) is 0. The first-order valence-electron chi connectivity index (χ1n) is 7.29. The highest BCUT2D eigenvalue weighted by Gasteiger charge is 2.59. The fraction of sp³-hybridized carbons (Fsp3) is 1.00. The minimum Gasteiger partial charge on any atom is -0.368 e. The van der Waals surface area contributed by atoms with E-state index in [4.69, 9.17) is 0 Å². The topological polar surface area (TPSA) is 3.24 Å². The molecule has 0 aromatic heterocycles. The Morgan fingerprint density at radius 1 is 0.562 bits per heavy atom. The number of rotatable bonds is 3. The first-order valence-corrected chi connectivity index (χ1v) is 15.9. The van der Waals surface area contributed by atoms with Gasteiger partial charge in [0.2, 0.25) is 0 Å². The van der Waals surface area contributed by atoms with Crippen molar-refractivity contribution in [2.75, 3.05) is 0 Å². The van der Waals surface area contributed by atoms with E-state index in [9.17, 15) is 0 Å². The minimum atomic E-state index is -0.880. The molecule has 16 heavy (non-hydrogen) atoms. The monoisotopic (exact) mass is 269 g/mol. The largest absolute Gasteiger partial charge is 0.368 e. The Morgan fingerprint density at radius 2 is 0.812 bits per heavy atom. The number of hydrogen-bond donors (Lipinski definition) is 0. The predicted octanol–water partition coefficient (Wildman–Crippen LogP) is 4.23. The van der Waals surface area contributed by atoms with E-state index in [1.165, 1.54) is 0 Å². The molecular weight excluding hydrogens is 242 g/mol. The quantitative estimate of drug-likeness (QED) is 0.693. The van der Waals surface area contributed by atoms with Crippen molar-refractivity contribution in [2.45, 2.75) is 75.2 Å². The third-order valence-electron chi connectivity index (χ3n) is 5.91. The lowest BCUT2D eigenvalue weighted by Gasteiger charge is -2.66. The summed E-state index contributed by atoms with van der Waals surface area (Å²) >= 11 is 0. The van der Waals surface area contributed by atoms with Crippen molar-refractivity contribution in [3.63, 3.8) is 0 Å². The van der Waals surface area contributed by atoms with E-state index < -0.39 is 24.7 Å². The van der Waals surface area contributed by atoms with Gasteiger partial charge in [-0.25, -0.2) is 0 Å². The second-order valence-electron chi connectivity index (χ2n) is 7.39. The van der Waals surface area contributed by atoms with Crippen LogP contribution in [-0.4, -0.2) is 28.6 Å². The van der Waals surface area contributed by atoms with Gasteiger partial charge in [0.1, 0.15) is 24.7 Å². The fourth-order valence-electron chi connectivity index (χ4n) is 4.69. The van der Waals surface area contributed by atoms with Crippen molar-refractivity contribution < 1.29 is 0 Å². The minimum absolute atomic E-state index is 0.880. The molecule has 1 nitrogen and oxygen atoms in total. The van der Waals surface area contributed by atoms with Crippen molar-refractivity contribution in [1.29, 1.82) is 0 Å². The standard InChI is InChI=1S/C12H27NSi3/c1-14(7-4-8-14)13(15(2)9-5-10-15)16(3)11-6-12-16/h4-12H2,1-3H3. The van der Waals surface area contributed by atoms with Gasteiger partial charge < -0.3 is 3.90 Å². The molecule has 0 amide bonds. The summed E-state index contributed by atoms with van der Waals surface area (Å²) in [7, 11) is -2.64. The van der Waals surface area contributed by atoms with Crippen molar-refractivity contribution in [3.05, 3.63) is 0 Å². The Balaban J connectivity index is 1.88. The van der Waals surface area contributed by atoms with E-state index in [0.29, 0.717) is 0 Å². The fourth-order valence-corrected chi connectivity index (χ4v) is 29.8. The molecule has 0 atom stereocenters.